The van der Waals surface area contributed by atoms with Crippen LogP contribution in [0.2, 0.25) is 0 Å². The second kappa shape index (κ2) is 9.19. The number of likely N-dealkylation sites (N-methyl/N-ethyl adjacent to an activating group) is 1. The normalized spacial score (nSPS) is 14.1. The number of hydrogen-bond donors (Lipinski definition) is 1. The van der Waals surface area contributed by atoms with Gasteiger partial charge in [0, 0.05) is 24.9 Å². The number of ether oxygens (including phenoxy) is 4. The number of nitrogens with zero attached hydrogens (tertiary/aromatic N) is 1. The fourth-order valence-corrected chi connectivity index (χ4v) is 3.80. The fraction of sp³-hybridized carbons (Fsp3) is 0.154. The van der Waals surface area contributed by atoms with Crippen LogP contribution >= 0.6 is 0 Å². The number of hydrogen-bond acceptors (Lipinski definition) is 6. The molecule has 0 aliphatic carbocycles. The van der Waals surface area contributed by atoms with Gasteiger partial charge in [-0.15, -0.1) is 0 Å². The zero-order valence-corrected chi connectivity index (χ0v) is 18.4. The van der Waals surface area contributed by atoms with Crippen molar-refractivity contribution in [1.29, 1.82) is 0 Å². The van der Waals surface area contributed by atoms with Crippen LogP contribution in [0.1, 0.15) is 17.2 Å². The average molecular weight is 458 g/mol. The molecule has 5 rings (SSSR count). The number of carbonyl (C=O) groups excluding carboxylic acids is 2. The van der Waals surface area contributed by atoms with Crippen molar-refractivity contribution in [1.82, 2.24) is 4.90 Å². The van der Waals surface area contributed by atoms with E-state index < -0.39 is 6.04 Å². The number of anilines is 1. The molecule has 2 aliphatic rings. The average Bonchev–Trinajstić information content (AvgIpc) is 3.52. The molecule has 2 heterocycles. The van der Waals surface area contributed by atoms with Crippen LogP contribution in [-0.4, -0.2) is 37.3 Å². The largest absolute Gasteiger partial charge is 0.454 e. The molecule has 2 amide bonds. The summed E-state index contributed by atoms with van der Waals surface area (Å²) in [5.74, 6) is 1.81. The van der Waals surface area contributed by atoms with Gasteiger partial charge < -0.3 is 29.2 Å². The standard InChI is InChI=1S/C26H22N2O6/c1-28(24(29)12-8-17-7-10-20-22(13-17)33-15-31-20)25(18-5-3-2-4-6-18)26(30)27-19-9-11-21-23(14-19)34-16-32-21/h2-14,25H,15-16H2,1H3,(H,27,30)/b12-8+/t25-/m0/s1. The van der Waals surface area contributed by atoms with Crippen LogP contribution in [0.15, 0.2) is 72.8 Å². The minimum atomic E-state index is -0.847. The van der Waals surface area contributed by atoms with E-state index in [2.05, 4.69) is 5.32 Å². The lowest BCUT2D eigenvalue weighted by atomic mass is 10.0. The molecule has 0 bridgehead atoms. The molecule has 8 heteroatoms. The smallest absolute Gasteiger partial charge is 0.251 e. The van der Waals surface area contributed by atoms with Gasteiger partial charge in [0.05, 0.1) is 0 Å². The molecular formula is C26H22N2O6. The Morgan fingerprint density at radius 1 is 0.853 bits per heavy atom. The Morgan fingerprint density at radius 3 is 2.24 bits per heavy atom. The molecule has 0 aromatic heterocycles. The van der Waals surface area contributed by atoms with Gasteiger partial charge in [0.25, 0.3) is 5.91 Å². The molecule has 0 unspecified atom stereocenters. The molecule has 34 heavy (non-hydrogen) atoms. The summed E-state index contributed by atoms with van der Waals surface area (Å²) in [4.78, 5) is 27.8. The number of nitrogens with one attached hydrogen (secondary N) is 1. The highest BCUT2D eigenvalue weighted by Crippen LogP contribution is 2.35. The molecule has 3 aromatic carbocycles. The summed E-state index contributed by atoms with van der Waals surface area (Å²) >= 11 is 0. The van der Waals surface area contributed by atoms with Gasteiger partial charge in [-0.3, -0.25) is 9.59 Å². The maximum absolute atomic E-state index is 13.3. The van der Waals surface area contributed by atoms with E-state index >= 15 is 0 Å². The van der Waals surface area contributed by atoms with E-state index in [1.807, 2.05) is 36.4 Å². The Kier molecular flexibility index (Phi) is 5.78. The van der Waals surface area contributed by atoms with E-state index in [1.165, 1.54) is 11.0 Å². The van der Waals surface area contributed by atoms with Crippen molar-refractivity contribution in [3.05, 3.63) is 83.9 Å². The Hall–Kier alpha value is -4.46. The monoisotopic (exact) mass is 458 g/mol. The summed E-state index contributed by atoms with van der Waals surface area (Å²) in [6.07, 6.45) is 3.11. The van der Waals surface area contributed by atoms with Crippen molar-refractivity contribution in [3.63, 3.8) is 0 Å². The number of rotatable bonds is 6. The summed E-state index contributed by atoms with van der Waals surface area (Å²) in [6.45, 7) is 0.327. The Balaban J connectivity index is 1.35. The number of benzene rings is 3. The molecule has 0 saturated carbocycles. The first-order valence-corrected chi connectivity index (χ1v) is 10.7. The molecule has 1 atom stereocenters. The summed E-state index contributed by atoms with van der Waals surface area (Å²) in [7, 11) is 1.60. The first-order valence-electron chi connectivity index (χ1n) is 10.7. The molecule has 1 N–H and O–H groups in total. The van der Waals surface area contributed by atoms with Gasteiger partial charge >= 0.3 is 0 Å². The lowest BCUT2D eigenvalue weighted by Crippen LogP contribution is -2.37. The van der Waals surface area contributed by atoms with Gasteiger partial charge in [0.15, 0.2) is 23.0 Å². The number of fused-ring (bicyclic) bond motifs is 2. The number of amides is 2. The molecule has 8 nitrogen and oxygen atoms in total. The lowest BCUT2D eigenvalue weighted by molar-refractivity contribution is -0.133. The van der Waals surface area contributed by atoms with Crippen molar-refractivity contribution in [2.45, 2.75) is 6.04 Å². The highest BCUT2D eigenvalue weighted by atomic mass is 16.7. The summed E-state index contributed by atoms with van der Waals surface area (Å²) in [5, 5.41) is 2.89. The predicted molar refractivity (Wildman–Crippen MR) is 125 cm³/mol. The minimum absolute atomic E-state index is 0.145. The molecule has 0 fully saturated rings. The van der Waals surface area contributed by atoms with Crippen LogP contribution in [0.3, 0.4) is 0 Å². The zero-order chi connectivity index (χ0) is 23.5. The maximum Gasteiger partial charge on any atom is 0.251 e. The SMILES string of the molecule is CN(C(=O)/C=C/c1ccc2c(c1)OCO2)[C@H](C(=O)Nc1ccc2c(c1)OCO2)c1ccccc1. The highest BCUT2D eigenvalue weighted by Gasteiger charge is 2.28. The number of carbonyl (C=O) groups is 2. The van der Waals surface area contributed by atoms with E-state index in [-0.39, 0.29) is 25.4 Å². The van der Waals surface area contributed by atoms with Crippen LogP contribution < -0.4 is 24.3 Å². The van der Waals surface area contributed by atoms with Crippen LogP contribution in [-0.2, 0) is 9.59 Å². The van der Waals surface area contributed by atoms with Crippen molar-refractivity contribution in [3.8, 4) is 23.0 Å². The molecule has 3 aromatic rings. The molecule has 0 spiro atoms. The Morgan fingerprint density at radius 2 is 1.50 bits per heavy atom. The van der Waals surface area contributed by atoms with E-state index in [1.54, 1.807) is 43.5 Å². The minimum Gasteiger partial charge on any atom is -0.454 e. The fourth-order valence-electron chi connectivity index (χ4n) is 3.80. The predicted octanol–water partition coefficient (Wildman–Crippen LogP) is 4.00. The summed E-state index contributed by atoms with van der Waals surface area (Å²) < 4.78 is 21.4. The van der Waals surface area contributed by atoms with Gasteiger partial charge in [-0.2, -0.15) is 0 Å². The van der Waals surface area contributed by atoms with Crippen molar-refractivity contribution >= 4 is 23.6 Å². The van der Waals surface area contributed by atoms with Crippen molar-refractivity contribution < 1.29 is 28.5 Å². The quantitative estimate of drug-likeness (QED) is 0.562. The second-order valence-electron chi connectivity index (χ2n) is 7.77. The van der Waals surface area contributed by atoms with Gasteiger partial charge in [-0.1, -0.05) is 36.4 Å². The topological polar surface area (TPSA) is 86.3 Å². The highest BCUT2D eigenvalue weighted by molar-refractivity contribution is 6.00. The van der Waals surface area contributed by atoms with Crippen LogP contribution in [0.25, 0.3) is 6.08 Å². The van der Waals surface area contributed by atoms with Gasteiger partial charge in [-0.05, 0) is 41.5 Å². The van der Waals surface area contributed by atoms with Crippen LogP contribution in [0, 0.1) is 0 Å². The Labute approximate surface area is 196 Å². The van der Waals surface area contributed by atoms with E-state index in [9.17, 15) is 9.59 Å². The zero-order valence-electron chi connectivity index (χ0n) is 18.4. The van der Waals surface area contributed by atoms with Gasteiger partial charge in [0.1, 0.15) is 6.04 Å². The summed E-state index contributed by atoms with van der Waals surface area (Å²) in [5.41, 5.74) is 2.02. The lowest BCUT2D eigenvalue weighted by Gasteiger charge is -2.27. The third-order valence-electron chi connectivity index (χ3n) is 5.55. The van der Waals surface area contributed by atoms with Crippen LogP contribution in [0.4, 0.5) is 5.69 Å². The molecule has 172 valence electrons. The Bertz CT molecular complexity index is 1260. The summed E-state index contributed by atoms with van der Waals surface area (Å²) in [6, 6.07) is 18.9. The van der Waals surface area contributed by atoms with Gasteiger partial charge in [-0.25, -0.2) is 0 Å². The molecule has 0 saturated heterocycles. The molecular weight excluding hydrogens is 436 g/mol. The van der Waals surface area contributed by atoms with Crippen molar-refractivity contribution in [2.75, 3.05) is 26.0 Å². The third-order valence-corrected chi connectivity index (χ3v) is 5.55. The second-order valence-corrected chi connectivity index (χ2v) is 7.77. The van der Waals surface area contributed by atoms with Gasteiger partial charge in [0.2, 0.25) is 19.5 Å². The van der Waals surface area contributed by atoms with E-state index in [0.717, 1.165) is 5.56 Å². The third kappa shape index (κ3) is 4.38. The van der Waals surface area contributed by atoms with E-state index in [4.69, 9.17) is 18.9 Å². The molecule has 0 radical (unpaired) electrons. The van der Waals surface area contributed by atoms with Crippen LogP contribution in [0.5, 0.6) is 23.0 Å². The van der Waals surface area contributed by atoms with Crippen molar-refractivity contribution in [2.24, 2.45) is 0 Å². The molecule has 2 aliphatic heterocycles. The first kappa shape index (κ1) is 21.4. The maximum atomic E-state index is 13.3. The first-order chi connectivity index (χ1) is 16.6. The van der Waals surface area contributed by atoms with E-state index in [0.29, 0.717) is 34.2 Å².